The van der Waals surface area contributed by atoms with Crippen molar-refractivity contribution >= 4 is 5.91 Å². The largest absolute Gasteiger partial charge is 0.350 e. The molecule has 0 spiro atoms. The van der Waals surface area contributed by atoms with Crippen LogP contribution in [0.4, 0.5) is 0 Å². The normalized spacial score (nSPS) is 26.4. The number of carbonyl (C=O) groups is 1. The van der Waals surface area contributed by atoms with Crippen molar-refractivity contribution in [3.8, 4) is 11.4 Å². The quantitative estimate of drug-likeness (QED) is 0.726. The zero-order valence-electron chi connectivity index (χ0n) is 14.8. The molecule has 2 aliphatic rings. The molecular formula is C20H21N5O2. The van der Waals surface area contributed by atoms with Crippen molar-refractivity contribution < 1.29 is 9.32 Å². The third-order valence-corrected chi connectivity index (χ3v) is 5.99. The minimum Gasteiger partial charge on any atom is -0.350 e. The molecule has 0 radical (unpaired) electrons. The lowest BCUT2D eigenvalue weighted by molar-refractivity contribution is -0.127. The van der Waals surface area contributed by atoms with Gasteiger partial charge in [0.1, 0.15) is 0 Å². The average molecular weight is 363 g/mol. The van der Waals surface area contributed by atoms with Gasteiger partial charge in [-0.3, -0.25) is 9.89 Å². The van der Waals surface area contributed by atoms with Gasteiger partial charge < -0.3 is 9.84 Å². The molecule has 5 rings (SSSR count). The van der Waals surface area contributed by atoms with E-state index >= 15 is 0 Å². The summed E-state index contributed by atoms with van der Waals surface area (Å²) < 4.78 is 5.63. The molecule has 2 saturated carbocycles. The van der Waals surface area contributed by atoms with E-state index in [9.17, 15) is 4.79 Å². The highest BCUT2D eigenvalue weighted by atomic mass is 16.5. The lowest BCUT2D eigenvalue weighted by Gasteiger charge is -2.27. The Morgan fingerprint density at radius 2 is 2.04 bits per heavy atom. The van der Waals surface area contributed by atoms with E-state index in [0.717, 1.165) is 30.5 Å². The predicted octanol–water partition coefficient (Wildman–Crippen LogP) is 2.91. The number of amides is 1. The molecule has 4 atom stereocenters. The third-order valence-electron chi connectivity index (χ3n) is 5.99. The summed E-state index contributed by atoms with van der Waals surface area (Å²) in [6.07, 6.45) is 4.98. The molecular weight excluding hydrogens is 342 g/mol. The first-order chi connectivity index (χ1) is 13.3. The van der Waals surface area contributed by atoms with Crippen LogP contribution in [0.25, 0.3) is 11.4 Å². The van der Waals surface area contributed by atoms with Gasteiger partial charge in [0, 0.05) is 11.8 Å². The summed E-state index contributed by atoms with van der Waals surface area (Å²) in [7, 11) is 0. The molecule has 2 bridgehead atoms. The number of hydrogen-bond acceptors (Lipinski definition) is 5. The highest BCUT2D eigenvalue weighted by Gasteiger charge is 2.53. The van der Waals surface area contributed by atoms with Crippen LogP contribution >= 0.6 is 0 Å². The summed E-state index contributed by atoms with van der Waals surface area (Å²) in [5.41, 5.74) is 1.82. The Hall–Kier alpha value is -2.96. The molecule has 0 aliphatic heterocycles. The summed E-state index contributed by atoms with van der Waals surface area (Å²) in [5.74, 6) is 2.01. The van der Waals surface area contributed by atoms with Crippen LogP contribution in [-0.4, -0.2) is 26.2 Å². The van der Waals surface area contributed by atoms with Gasteiger partial charge in [0.15, 0.2) is 0 Å². The zero-order chi connectivity index (χ0) is 18.2. The fraction of sp³-hybridized carbons (Fsp3) is 0.400. The second-order valence-corrected chi connectivity index (χ2v) is 7.51. The standard InChI is InChI=1S/C20H21N5O2/c26-19(21-11-15-8-9-22-24-15)16-13-6-7-14(10-13)17(16)20-23-18(25-27-20)12-4-2-1-3-5-12/h1-5,8-9,13-14,16-17H,6-7,10-11H2,(H,21,26)(H,22,24)/t13-,14+,16-,17-/m0/s1. The molecule has 27 heavy (non-hydrogen) atoms. The average Bonchev–Trinajstić information content (AvgIpc) is 3.50. The lowest BCUT2D eigenvalue weighted by atomic mass is 9.78. The lowest BCUT2D eigenvalue weighted by Crippen LogP contribution is -2.37. The minimum absolute atomic E-state index is 0.00970. The molecule has 2 aliphatic carbocycles. The summed E-state index contributed by atoms with van der Waals surface area (Å²) >= 11 is 0. The first kappa shape index (κ1) is 16.2. The van der Waals surface area contributed by atoms with Crippen molar-refractivity contribution in [3.05, 3.63) is 54.2 Å². The van der Waals surface area contributed by atoms with E-state index in [1.807, 2.05) is 36.4 Å². The van der Waals surface area contributed by atoms with E-state index in [2.05, 4.69) is 25.7 Å². The number of rotatable bonds is 5. The van der Waals surface area contributed by atoms with Gasteiger partial charge in [-0.25, -0.2) is 0 Å². The Balaban J connectivity index is 1.37. The van der Waals surface area contributed by atoms with Gasteiger partial charge in [-0.2, -0.15) is 10.1 Å². The summed E-state index contributed by atoms with van der Waals surface area (Å²) in [4.78, 5) is 17.6. The van der Waals surface area contributed by atoms with Crippen LogP contribution in [0.1, 0.15) is 36.8 Å². The highest BCUT2D eigenvalue weighted by Crippen LogP contribution is 2.56. The molecule has 2 heterocycles. The van der Waals surface area contributed by atoms with Crippen molar-refractivity contribution in [2.45, 2.75) is 31.7 Å². The number of carbonyl (C=O) groups excluding carboxylic acids is 1. The van der Waals surface area contributed by atoms with Crippen LogP contribution in [0.3, 0.4) is 0 Å². The van der Waals surface area contributed by atoms with Crippen molar-refractivity contribution in [1.29, 1.82) is 0 Å². The van der Waals surface area contributed by atoms with Gasteiger partial charge in [0.25, 0.3) is 0 Å². The Morgan fingerprint density at radius 1 is 1.19 bits per heavy atom. The van der Waals surface area contributed by atoms with Gasteiger partial charge in [0.2, 0.25) is 17.6 Å². The first-order valence-electron chi connectivity index (χ1n) is 9.44. The molecule has 0 saturated heterocycles. The molecule has 0 unspecified atom stereocenters. The predicted molar refractivity (Wildman–Crippen MR) is 97.2 cm³/mol. The molecule has 2 aromatic heterocycles. The molecule has 7 heteroatoms. The van der Waals surface area contributed by atoms with E-state index in [1.54, 1.807) is 6.20 Å². The summed E-state index contributed by atoms with van der Waals surface area (Å²) in [5, 5.41) is 14.0. The molecule has 1 amide bonds. The van der Waals surface area contributed by atoms with Crippen LogP contribution in [0.15, 0.2) is 47.1 Å². The monoisotopic (exact) mass is 363 g/mol. The van der Waals surface area contributed by atoms with Crippen LogP contribution in [0.2, 0.25) is 0 Å². The van der Waals surface area contributed by atoms with E-state index in [4.69, 9.17) is 4.52 Å². The van der Waals surface area contributed by atoms with Gasteiger partial charge in [-0.1, -0.05) is 35.5 Å². The van der Waals surface area contributed by atoms with E-state index < -0.39 is 0 Å². The molecule has 2 N–H and O–H groups in total. The van der Waals surface area contributed by atoms with Gasteiger partial charge in [-0.15, -0.1) is 0 Å². The number of nitrogens with zero attached hydrogens (tertiary/aromatic N) is 3. The van der Waals surface area contributed by atoms with Crippen LogP contribution in [0.5, 0.6) is 0 Å². The summed E-state index contributed by atoms with van der Waals surface area (Å²) in [6, 6.07) is 11.7. The number of aromatic amines is 1. The number of hydrogen-bond donors (Lipinski definition) is 2. The van der Waals surface area contributed by atoms with Crippen LogP contribution in [-0.2, 0) is 11.3 Å². The van der Waals surface area contributed by atoms with Gasteiger partial charge in [-0.05, 0) is 37.2 Å². The topological polar surface area (TPSA) is 96.7 Å². The van der Waals surface area contributed by atoms with Crippen LogP contribution in [0, 0.1) is 17.8 Å². The molecule has 2 fully saturated rings. The van der Waals surface area contributed by atoms with E-state index in [0.29, 0.717) is 30.1 Å². The van der Waals surface area contributed by atoms with Crippen molar-refractivity contribution in [3.63, 3.8) is 0 Å². The number of benzene rings is 1. The molecule has 7 nitrogen and oxygen atoms in total. The maximum absolute atomic E-state index is 13.0. The second kappa shape index (κ2) is 6.64. The zero-order valence-corrected chi connectivity index (χ0v) is 14.8. The Kier molecular flexibility index (Phi) is 3.99. The fourth-order valence-corrected chi connectivity index (χ4v) is 4.78. The number of H-pyrrole nitrogens is 1. The number of nitrogens with one attached hydrogen (secondary N) is 2. The van der Waals surface area contributed by atoms with Gasteiger partial charge >= 0.3 is 0 Å². The Morgan fingerprint density at radius 3 is 2.85 bits per heavy atom. The Labute approximate surface area is 156 Å². The number of fused-ring (bicyclic) bond motifs is 2. The first-order valence-corrected chi connectivity index (χ1v) is 9.44. The van der Waals surface area contributed by atoms with Gasteiger partial charge in [0.05, 0.1) is 24.1 Å². The highest BCUT2D eigenvalue weighted by molar-refractivity contribution is 5.80. The van der Waals surface area contributed by atoms with E-state index in [1.165, 1.54) is 0 Å². The fourth-order valence-electron chi connectivity index (χ4n) is 4.78. The number of aromatic nitrogens is 4. The Bertz CT molecular complexity index is 921. The third kappa shape index (κ3) is 2.93. The van der Waals surface area contributed by atoms with E-state index in [-0.39, 0.29) is 17.7 Å². The van der Waals surface area contributed by atoms with Crippen molar-refractivity contribution in [2.24, 2.45) is 17.8 Å². The van der Waals surface area contributed by atoms with Crippen LogP contribution < -0.4 is 5.32 Å². The van der Waals surface area contributed by atoms with Crippen molar-refractivity contribution in [2.75, 3.05) is 0 Å². The smallest absolute Gasteiger partial charge is 0.231 e. The maximum atomic E-state index is 13.0. The molecule has 138 valence electrons. The minimum atomic E-state index is -0.101. The molecule has 1 aromatic carbocycles. The molecule has 3 aromatic rings. The van der Waals surface area contributed by atoms with Crippen molar-refractivity contribution in [1.82, 2.24) is 25.7 Å². The second-order valence-electron chi connectivity index (χ2n) is 7.51. The SMILES string of the molecule is O=C(NCc1ccn[nH]1)[C@H]1[C@H]2CC[C@H](C2)[C@@H]1c1nc(-c2ccccc2)no1. The maximum Gasteiger partial charge on any atom is 0.231 e. The summed E-state index contributed by atoms with van der Waals surface area (Å²) in [6.45, 7) is 0.457.